The molecule has 6 heteroatoms. The summed E-state index contributed by atoms with van der Waals surface area (Å²) in [5.74, 6) is 0.903. The van der Waals surface area contributed by atoms with Crippen molar-refractivity contribution in [2.75, 3.05) is 20.3 Å². The molecule has 0 aromatic heterocycles. The monoisotopic (exact) mass is 415 g/mol. The number of halogens is 1. The zero-order valence-electron chi connectivity index (χ0n) is 18.0. The molecule has 0 bridgehead atoms. The van der Waals surface area contributed by atoms with E-state index in [4.69, 9.17) is 14.2 Å². The van der Waals surface area contributed by atoms with Crippen LogP contribution in [-0.2, 0) is 14.9 Å². The summed E-state index contributed by atoms with van der Waals surface area (Å²) in [6.45, 7) is 6.84. The summed E-state index contributed by atoms with van der Waals surface area (Å²) in [5, 5.41) is 3.15. The van der Waals surface area contributed by atoms with Gasteiger partial charge < -0.3 is 19.5 Å². The van der Waals surface area contributed by atoms with E-state index >= 15 is 0 Å². The average Bonchev–Trinajstić information content (AvgIpc) is 2.74. The van der Waals surface area contributed by atoms with Crippen LogP contribution in [-0.4, -0.2) is 32.3 Å². The molecule has 1 unspecified atom stereocenters. The zero-order chi connectivity index (χ0) is 21.7. The number of benzene rings is 2. The summed E-state index contributed by atoms with van der Waals surface area (Å²) in [4.78, 5) is 13.4. The Balaban J connectivity index is 1.82. The van der Waals surface area contributed by atoms with Crippen LogP contribution in [0.4, 0.5) is 4.39 Å². The summed E-state index contributed by atoms with van der Waals surface area (Å²) >= 11 is 0. The molecule has 0 saturated carbocycles. The van der Waals surface area contributed by atoms with Crippen LogP contribution < -0.4 is 14.8 Å². The summed E-state index contributed by atoms with van der Waals surface area (Å²) in [7, 11) is 1.60. The lowest BCUT2D eigenvalue weighted by molar-refractivity contribution is -0.131. The van der Waals surface area contributed by atoms with Gasteiger partial charge in [-0.1, -0.05) is 18.2 Å². The normalized spacial score (nSPS) is 16.7. The number of nitrogens with one attached hydrogen (secondary N) is 1. The number of methoxy groups -OCH3 is 1. The van der Waals surface area contributed by atoms with E-state index in [9.17, 15) is 9.18 Å². The van der Waals surface area contributed by atoms with Crippen molar-refractivity contribution in [2.24, 2.45) is 0 Å². The van der Waals surface area contributed by atoms with Gasteiger partial charge in [-0.15, -0.1) is 0 Å². The highest BCUT2D eigenvalue weighted by atomic mass is 19.1. The molecule has 1 aliphatic heterocycles. The molecular formula is C24H30FNO4. The molecule has 1 heterocycles. The minimum atomic E-state index is -0.731. The summed E-state index contributed by atoms with van der Waals surface area (Å²) < 4.78 is 30.2. The molecule has 0 radical (unpaired) electrons. The number of hydrogen-bond donors (Lipinski definition) is 1. The largest absolute Gasteiger partial charge is 0.493 e. The first kappa shape index (κ1) is 22.1. The van der Waals surface area contributed by atoms with Crippen LogP contribution in [0.25, 0.3) is 0 Å². The van der Waals surface area contributed by atoms with Crippen LogP contribution in [0.3, 0.4) is 0 Å². The van der Waals surface area contributed by atoms with Crippen molar-refractivity contribution in [3.8, 4) is 11.5 Å². The molecule has 162 valence electrons. The van der Waals surface area contributed by atoms with Gasteiger partial charge in [0.2, 0.25) is 5.91 Å². The van der Waals surface area contributed by atoms with Crippen LogP contribution in [0.1, 0.15) is 50.8 Å². The smallest absolute Gasteiger partial charge is 0.231 e. The number of rotatable bonds is 7. The fourth-order valence-electron chi connectivity index (χ4n) is 3.86. The van der Waals surface area contributed by atoms with Crippen molar-refractivity contribution in [1.29, 1.82) is 0 Å². The average molecular weight is 416 g/mol. The molecule has 1 saturated heterocycles. The van der Waals surface area contributed by atoms with E-state index in [1.54, 1.807) is 19.2 Å². The van der Waals surface area contributed by atoms with Gasteiger partial charge in [0.1, 0.15) is 5.82 Å². The lowest BCUT2D eigenvalue weighted by Crippen LogP contribution is -2.48. The van der Waals surface area contributed by atoms with Crippen LogP contribution in [0, 0.1) is 5.82 Å². The van der Waals surface area contributed by atoms with Crippen LogP contribution >= 0.6 is 0 Å². The van der Waals surface area contributed by atoms with Crippen molar-refractivity contribution >= 4 is 5.91 Å². The minimum Gasteiger partial charge on any atom is -0.493 e. The van der Waals surface area contributed by atoms with Crippen molar-refractivity contribution in [2.45, 2.75) is 51.2 Å². The number of carbonyl (C=O) groups is 1. The minimum absolute atomic E-state index is 0.0333. The van der Waals surface area contributed by atoms with E-state index in [0.29, 0.717) is 37.6 Å². The Labute approximate surface area is 177 Å². The summed E-state index contributed by atoms with van der Waals surface area (Å²) in [6, 6.07) is 11.7. The molecule has 0 aliphatic carbocycles. The van der Waals surface area contributed by atoms with E-state index in [1.165, 1.54) is 12.1 Å². The zero-order valence-corrected chi connectivity index (χ0v) is 18.0. The Morgan fingerprint density at radius 1 is 1.07 bits per heavy atom. The first-order valence-electron chi connectivity index (χ1n) is 10.3. The highest BCUT2D eigenvalue weighted by Crippen LogP contribution is 2.37. The first-order valence-corrected chi connectivity index (χ1v) is 10.3. The fraction of sp³-hybridized carbons (Fsp3) is 0.458. The number of amides is 1. The van der Waals surface area contributed by atoms with E-state index in [0.717, 1.165) is 11.1 Å². The second kappa shape index (κ2) is 9.47. The van der Waals surface area contributed by atoms with Crippen molar-refractivity contribution in [1.82, 2.24) is 5.32 Å². The maximum atomic E-state index is 13.4. The highest BCUT2D eigenvalue weighted by Gasteiger charge is 2.42. The SMILES string of the molecule is COc1cc(C(C)NC(=O)C2(c3ccc(F)cc3)CCOCC2)ccc1OC(C)C. The Bertz CT molecular complexity index is 860. The van der Waals surface area contributed by atoms with Gasteiger partial charge >= 0.3 is 0 Å². The standard InChI is InChI=1S/C24H30FNO4/c1-16(2)30-21-10-5-18(15-22(21)28-4)17(3)26-23(27)24(11-13-29-14-12-24)19-6-8-20(25)9-7-19/h5-10,15-17H,11-14H2,1-4H3,(H,26,27). The van der Waals surface area contributed by atoms with E-state index in [1.807, 2.05) is 39.0 Å². The van der Waals surface area contributed by atoms with Gasteiger partial charge in [-0.25, -0.2) is 4.39 Å². The van der Waals surface area contributed by atoms with Crippen molar-refractivity contribution in [3.63, 3.8) is 0 Å². The van der Waals surface area contributed by atoms with E-state index < -0.39 is 5.41 Å². The number of ether oxygens (including phenoxy) is 3. The molecule has 5 nitrogen and oxygen atoms in total. The fourth-order valence-corrected chi connectivity index (χ4v) is 3.86. The third-order valence-corrected chi connectivity index (χ3v) is 5.58. The second-order valence-corrected chi connectivity index (χ2v) is 7.97. The predicted octanol–water partition coefficient (Wildman–Crippen LogP) is 4.55. The molecule has 1 N–H and O–H groups in total. The molecule has 2 aromatic carbocycles. The van der Waals surface area contributed by atoms with Gasteiger partial charge in [-0.3, -0.25) is 4.79 Å². The Morgan fingerprint density at radius 3 is 2.33 bits per heavy atom. The van der Waals surface area contributed by atoms with Crippen molar-refractivity contribution in [3.05, 3.63) is 59.4 Å². The predicted molar refractivity (Wildman–Crippen MR) is 113 cm³/mol. The van der Waals surface area contributed by atoms with Crippen LogP contribution in [0.2, 0.25) is 0 Å². The van der Waals surface area contributed by atoms with Crippen LogP contribution in [0.5, 0.6) is 11.5 Å². The highest BCUT2D eigenvalue weighted by molar-refractivity contribution is 5.88. The molecule has 0 spiro atoms. The quantitative estimate of drug-likeness (QED) is 0.721. The Kier molecular flexibility index (Phi) is 6.98. The number of carbonyl (C=O) groups excluding carboxylic acids is 1. The summed E-state index contributed by atoms with van der Waals surface area (Å²) in [6.07, 6.45) is 1.15. The third kappa shape index (κ3) is 4.75. The lowest BCUT2D eigenvalue weighted by Gasteiger charge is -2.37. The topological polar surface area (TPSA) is 56.8 Å². The lowest BCUT2D eigenvalue weighted by atomic mass is 9.73. The van der Waals surface area contributed by atoms with E-state index in [2.05, 4.69) is 5.32 Å². The maximum absolute atomic E-state index is 13.4. The summed E-state index contributed by atoms with van der Waals surface area (Å²) in [5.41, 5.74) is 0.998. The van der Waals surface area contributed by atoms with Gasteiger partial charge in [0, 0.05) is 13.2 Å². The van der Waals surface area contributed by atoms with Gasteiger partial charge in [0.15, 0.2) is 11.5 Å². The first-order chi connectivity index (χ1) is 14.4. The molecule has 1 fully saturated rings. The molecule has 1 amide bonds. The molecular weight excluding hydrogens is 385 g/mol. The van der Waals surface area contributed by atoms with Crippen LogP contribution in [0.15, 0.2) is 42.5 Å². The molecule has 1 aliphatic rings. The molecule has 2 aromatic rings. The number of hydrogen-bond acceptors (Lipinski definition) is 4. The van der Waals surface area contributed by atoms with Gasteiger partial charge in [-0.05, 0) is 69.0 Å². The Hall–Kier alpha value is -2.60. The van der Waals surface area contributed by atoms with Gasteiger partial charge in [0.25, 0.3) is 0 Å². The van der Waals surface area contributed by atoms with Crippen molar-refractivity contribution < 1.29 is 23.4 Å². The molecule has 1 atom stereocenters. The molecule has 3 rings (SSSR count). The maximum Gasteiger partial charge on any atom is 0.231 e. The Morgan fingerprint density at radius 2 is 1.73 bits per heavy atom. The van der Waals surface area contributed by atoms with E-state index in [-0.39, 0.29) is 23.9 Å². The molecule has 30 heavy (non-hydrogen) atoms. The van der Waals surface area contributed by atoms with Gasteiger partial charge in [-0.2, -0.15) is 0 Å². The second-order valence-electron chi connectivity index (χ2n) is 7.97. The third-order valence-electron chi connectivity index (χ3n) is 5.58. The van der Waals surface area contributed by atoms with Gasteiger partial charge in [0.05, 0.1) is 24.7 Å².